The van der Waals surface area contributed by atoms with Crippen LogP contribution in [0.1, 0.15) is 0 Å². The molecule has 1 aliphatic rings. The van der Waals surface area contributed by atoms with Crippen LogP contribution in [0.4, 0.5) is 5.69 Å². The molecule has 9 heteroatoms. The Bertz CT molecular complexity index is 551. The van der Waals surface area contributed by atoms with Gasteiger partial charge < -0.3 is 35.2 Å². The quantitative estimate of drug-likeness (QED) is 0.356. The number of methoxy groups -OCH3 is 1. The van der Waals surface area contributed by atoms with Gasteiger partial charge in [0, 0.05) is 6.54 Å². The van der Waals surface area contributed by atoms with Gasteiger partial charge in [0.1, 0.15) is 30.1 Å². The lowest BCUT2D eigenvalue weighted by Crippen LogP contribution is -2.59. The molecule has 0 spiro atoms. The summed E-state index contributed by atoms with van der Waals surface area (Å²) in [5, 5.41) is 40.4. The van der Waals surface area contributed by atoms with Gasteiger partial charge in [0.05, 0.1) is 7.11 Å². The first-order valence-corrected chi connectivity index (χ1v) is 5.87. The highest BCUT2D eigenvalue weighted by Crippen LogP contribution is 2.22. The van der Waals surface area contributed by atoms with Gasteiger partial charge in [-0.25, -0.2) is 0 Å². The van der Waals surface area contributed by atoms with Crippen LogP contribution in [0, 0.1) is 0 Å². The smallest absolute Gasteiger partial charge is 0.271 e. The molecule has 112 valence electrons. The van der Waals surface area contributed by atoms with Crippen molar-refractivity contribution < 1.29 is 29.9 Å². The van der Waals surface area contributed by atoms with Gasteiger partial charge in [0.25, 0.3) is 10.9 Å². The lowest BCUT2D eigenvalue weighted by Gasteiger charge is -2.38. The Balaban J connectivity index is 2.02. The molecule has 0 aliphatic carbocycles. The standard InChI is InChI=1S/C11H15NO8/c1-19-10-4(6(14)8(10)16)12-2-3-5(13)7(15)9(17)11(18)20-3/h3,5,7,9,11-13,15,17-18H,2H2,1H3/t3-,5-,7+,9-,11?/m1/s1. The Hall–Kier alpha value is -1.52. The summed E-state index contributed by atoms with van der Waals surface area (Å²) in [7, 11) is 1.23. The van der Waals surface area contributed by atoms with Crippen LogP contribution in [0.25, 0.3) is 0 Å². The van der Waals surface area contributed by atoms with Crippen LogP contribution in [0.5, 0.6) is 5.75 Å². The Morgan fingerprint density at radius 2 is 1.75 bits per heavy atom. The largest absolute Gasteiger partial charge is 0.491 e. The number of anilines is 1. The van der Waals surface area contributed by atoms with Gasteiger partial charge in [-0.2, -0.15) is 0 Å². The maximum atomic E-state index is 11.3. The highest BCUT2D eigenvalue weighted by atomic mass is 16.6. The molecule has 1 heterocycles. The lowest BCUT2D eigenvalue weighted by molar-refractivity contribution is -0.278. The molecule has 0 saturated carbocycles. The number of hydrogen-bond donors (Lipinski definition) is 5. The van der Waals surface area contributed by atoms with E-state index in [1.54, 1.807) is 0 Å². The molecule has 0 aromatic heterocycles. The van der Waals surface area contributed by atoms with Gasteiger partial charge in [-0.05, 0) is 0 Å². The molecule has 1 saturated heterocycles. The number of hydrogen-bond acceptors (Lipinski definition) is 9. The minimum absolute atomic E-state index is 0.0524. The predicted molar refractivity (Wildman–Crippen MR) is 65.3 cm³/mol. The topological polar surface area (TPSA) is 146 Å². The molecule has 5 atom stereocenters. The fourth-order valence-corrected chi connectivity index (χ4v) is 2.03. The van der Waals surface area contributed by atoms with Gasteiger partial charge >= 0.3 is 0 Å². The molecule has 0 amide bonds. The van der Waals surface area contributed by atoms with Crippen molar-refractivity contribution in [1.82, 2.24) is 0 Å². The molecular formula is C11H15NO8. The maximum Gasteiger partial charge on any atom is 0.271 e. The number of nitrogens with one attached hydrogen (secondary N) is 1. The predicted octanol–water partition coefficient (Wildman–Crippen LogP) is -3.50. The van der Waals surface area contributed by atoms with Crippen molar-refractivity contribution in [2.45, 2.75) is 30.7 Å². The highest BCUT2D eigenvalue weighted by Gasteiger charge is 2.43. The van der Waals surface area contributed by atoms with Crippen molar-refractivity contribution in [1.29, 1.82) is 0 Å². The van der Waals surface area contributed by atoms with Crippen molar-refractivity contribution in [3.8, 4) is 5.75 Å². The lowest BCUT2D eigenvalue weighted by atomic mass is 9.99. The molecule has 1 aliphatic heterocycles. The molecule has 0 bridgehead atoms. The summed E-state index contributed by atoms with van der Waals surface area (Å²) in [6.45, 7) is -0.163. The van der Waals surface area contributed by atoms with Gasteiger partial charge in [-0.15, -0.1) is 0 Å². The second-order valence-corrected chi connectivity index (χ2v) is 4.48. The number of ether oxygens (including phenoxy) is 2. The monoisotopic (exact) mass is 289 g/mol. The molecule has 20 heavy (non-hydrogen) atoms. The highest BCUT2D eigenvalue weighted by molar-refractivity contribution is 5.61. The van der Waals surface area contributed by atoms with E-state index in [1.807, 2.05) is 0 Å². The second-order valence-electron chi connectivity index (χ2n) is 4.48. The van der Waals surface area contributed by atoms with E-state index in [1.165, 1.54) is 7.11 Å². The van der Waals surface area contributed by atoms with E-state index in [-0.39, 0.29) is 18.0 Å². The Morgan fingerprint density at radius 1 is 1.10 bits per heavy atom. The SMILES string of the molecule is COc1c(NC[C@H]2OC(O)[C@H](O)[C@@H](O)[C@@H]2O)c(=O)c1=O. The summed E-state index contributed by atoms with van der Waals surface area (Å²) >= 11 is 0. The average Bonchev–Trinajstić information content (AvgIpc) is 2.44. The Labute approximate surface area is 112 Å². The third-order valence-electron chi connectivity index (χ3n) is 3.24. The molecular weight excluding hydrogens is 274 g/mol. The third-order valence-corrected chi connectivity index (χ3v) is 3.24. The van der Waals surface area contributed by atoms with E-state index in [0.717, 1.165) is 0 Å². The first-order chi connectivity index (χ1) is 9.38. The number of aliphatic hydroxyl groups excluding tert-OH is 4. The average molecular weight is 289 g/mol. The van der Waals surface area contributed by atoms with Crippen molar-refractivity contribution in [2.24, 2.45) is 0 Å². The van der Waals surface area contributed by atoms with Gasteiger partial charge in [0.2, 0.25) is 0 Å². The summed E-state index contributed by atoms with van der Waals surface area (Å²) < 4.78 is 9.62. The zero-order chi connectivity index (χ0) is 15.0. The minimum atomic E-state index is -1.66. The van der Waals surface area contributed by atoms with Crippen LogP contribution < -0.4 is 20.9 Å². The summed E-state index contributed by atoms with van der Waals surface area (Å²) in [6.07, 6.45) is -7.40. The van der Waals surface area contributed by atoms with Crippen molar-refractivity contribution in [3.05, 3.63) is 20.4 Å². The van der Waals surface area contributed by atoms with Crippen LogP contribution in [0.2, 0.25) is 0 Å². The Morgan fingerprint density at radius 3 is 2.35 bits per heavy atom. The van der Waals surface area contributed by atoms with E-state index in [9.17, 15) is 30.0 Å². The van der Waals surface area contributed by atoms with Gasteiger partial charge in [0.15, 0.2) is 12.0 Å². The van der Waals surface area contributed by atoms with E-state index >= 15 is 0 Å². The number of aliphatic hydroxyl groups is 4. The normalized spacial score (nSPS) is 34.1. The summed E-state index contributed by atoms with van der Waals surface area (Å²) in [5.74, 6) is -0.124. The fourth-order valence-electron chi connectivity index (χ4n) is 2.03. The van der Waals surface area contributed by atoms with E-state index in [2.05, 4.69) is 5.32 Å². The zero-order valence-electron chi connectivity index (χ0n) is 10.5. The first-order valence-electron chi connectivity index (χ1n) is 5.87. The number of rotatable bonds is 4. The van der Waals surface area contributed by atoms with Crippen LogP contribution >= 0.6 is 0 Å². The summed E-state index contributed by atoms with van der Waals surface area (Å²) in [6, 6.07) is 0. The molecule has 1 aromatic carbocycles. The maximum absolute atomic E-state index is 11.3. The van der Waals surface area contributed by atoms with Crippen molar-refractivity contribution in [2.75, 3.05) is 19.0 Å². The molecule has 5 N–H and O–H groups in total. The third kappa shape index (κ3) is 2.30. The molecule has 1 fully saturated rings. The molecule has 1 unspecified atom stereocenters. The van der Waals surface area contributed by atoms with Crippen molar-refractivity contribution >= 4 is 5.69 Å². The fraction of sp³-hybridized carbons (Fsp3) is 0.636. The molecule has 1 aromatic rings. The zero-order valence-corrected chi connectivity index (χ0v) is 10.5. The molecule has 0 radical (unpaired) electrons. The molecule has 9 nitrogen and oxygen atoms in total. The Kier molecular flexibility index (Phi) is 4.06. The summed E-state index contributed by atoms with van der Waals surface area (Å²) in [4.78, 5) is 22.4. The van der Waals surface area contributed by atoms with Crippen LogP contribution in [0.15, 0.2) is 9.59 Å². The van der Waals surface area contributed by atoms with E-state index in [0.29, 0.717) is 0 Å². The second kappa shape index (κ2) is 5.46. The van der Waals surface area contributed by atoms with E-state index < -0.39 is 41.6 Å². The van der Waals surface area contributed by atoms with Crippen LogP contribution in [-0.2, 0) is 4.74 Å². The van der Waals surface area contributed by atoms with Gasteiger partial charge in [-0.1, -0.05) is 0 Å². The minimum Gasteiger partial charge on any atom is -0.491 e. The van der Waals surface area contributed by atoms with Gasteiger partial charge in [-0.3, -0.25) is 9.59 Å². The van der Waals surface area contributed by atoms with E-state index in [4.69, 9.17) is 9.47 Å². The first kappa shape index (κ1) is 14.9. The van der Waals surface area contributed by atoms with Crippen LogP contribution in [0.3, 0.4) is 0 Å². The van der Waals surface area contributed by atoms with Crippen molar-refractivity contribution in [3.63, 3.8) is 0 Å². The summed E-state index contributed by atoms with van der Waals surface area (Å²) in [5.41, 5.74) is -1.56. The van der Waals surface area contributed by atoms with Crippen LogP contribution in [-0.4, -0.2) is 64.8 Å². The molecule has 2 rings (SSSR count).